The molecule has 1 atom stereocenters. The Hall–Kier alpha value is -1.37. The van der Waals surface area contributed by atoms with E-state index in [1.165, 1.54) is 11.1 Å². The van der Waals surface area contributed by atoms with Gasteiger partial charge in [0.2, 0.25) is 0 Å². The summed E-state index contributed by atoms with van der Waals surface area (Å²) in [5.74, 6) is 0. The first-order valence-electron chi connectivity index (χ1n) is 6.59. The third kappa shape index (κ3) is 15.5. The average Bonchev–Trinajstić information content (AvgIpc) is 2.61. The van der Waals surface area contributed by atoms with Crippen LogP contribution in [0.5, 0.6) is 0 Å². The van der Waals surface area contributed by atoms with Crippen LogP contribution in [0.25, 0.3) is 0 Å². The number of ether oxygens (including phenoxy) is 2. The first kappa shape index (κ1) is 30.5. The number of hydrogen-bond acceptors (Lipinski definition) is 2. The van der Waals surface area contributed by atoms with E-state index in [-0.39, 0.29) is 23.7 Å². The Labute approximate surface area is 155 Å². The average molecular weight is 370 g/mol. The molecule has 0 bridgehead atoms. The number of benzene rings is 1. The molecule has 6 heteroatoms. The molecule has 0 unspecified atom stereocenters. The van der Waals surface area contributed by atoms with E-state index in [0.717, 1.165) is 12.0 Å². The molecule has 1 rings (SSSR count). The smallest absolute Gasteiger partial charge is 0 e. The molecule has 0 aromatic heterocycles. The van der Waals surface area contributed by atoms with Crippen molar-refractivity contribution in [3.8, 4) is 0 Å². The summed E-state index contributed by atoms with van der Waals surface area (Å²) in [6, 6.07) is 8.15. The fourth-order valence-electron chi connectivity index (χ4n) is 1.66. The van der Waals surface area contributed by atoms with Crippen molar-refractivity contribution in [2.45, 2.75) is 33.5 Å². The fourth-order valence-corrected chi connectivity index (χ4v) is 1.66. The first-order chi connectivity index (χ1) is 11.1. The fraction of sp³-hybridized carbons (Fsp3) is 0.389. The number of aryl methyl sites for hydroxylation is 1. The van der Waals surface area contributed by atoms with E-state index in [2.05, 4.69) is 52.9 Å². The van der Waals surface area contributed by atoms with Crippen molar-refractivity contribution in [2.24, 2.45) is 0 Å². The van der Waals surface area contributed by atoms with Gasteiger partial charge in [-0.05, 0) is 32.8 Å². The predicted molar refractivity (Wildman–Crippen MR) is 82.7 cm³/mol. The van der Waals surface area contributed by atoms with Crippen molar-refractivity contribution in [3.05, 3.63) is 67.0 Å². The Morgan fingerprint density at radius 2 is 1.58 bits per heavy atom. The Kier molecular flexibility index (Phi) is 30.4. The second kappa shape index (κ2) is 23.9. The standard InChI is InChI=1S/C15H22O2.3CO.Cr/c1-12(2)8-7-11-17-15(16-4)14-10-6-5-9-13(14)3;3*1-2;/h5-6,8-10,15H,7,11H2,1-4H3;;;;/t15-;;;;/m1..../s1. The molecule has 0 aliphatic carbocycles. The van der Waals surface area contributed by atoms with Gasteiger partial charge in [-0.2, -0.15) is 0 Å². The van der Waals surface area contributed by atoms with Gasteiger partial charge in [0, 0.05) is 30.0 Å². The van der Waals surface area contributed by atoms with Crippen LogP contribution in [0.15, 0.2) is 35.9 Å². The summed E-state index contributed by atoms with van der Waals surface area (Å²) in [4.78, 5) is 0. The number of methoxy groups -OCH3 is 1. The maximum Gasteiger partial charge on any atom is 0 e. The topological polar surface area (TPSA) is 78.2 Å². The van der Waals surface area contributed by atoms with Gasteiger partial charge in [-0.1, -0.05) is 35.9 Å². The molecule has 0 amide bonds. The molecular weight excluding hydrogens is 348 g/mol. The van der Waals surface area contributed by atoms with E-state index in [1.807, 2.05) is 18.2 Å². The molecular formula is C18H22CrO5. The van der Waals surface area contributed by atoms with Gasteiger partial charge in [-0.25, -0.2) is 0 Å². The van der Waals surface area contributed by atoms with Crippen molar-refractivity contribution in [1.82, 2.24) is 0 Å². The Bertz CT molecular complexity index is 473. The van der Waals surface area contributed by atoms with Crippen LogP contribution in [0, 0.1) is 26.9 Å². The number of hydrogen-bond donors (Lipinski definition) is 0. The summed E-state index contributed by atoms with van der Waals surface area (Å²) in [5.41, 5.74) is 3.62. The van der Waals surface area contributed by atoms with Gasteiger partial charge in [-0.3, -0.25) is 0 Å². The van der Waals surface area contributed by atoms with E-state index >= 15 is 0 Å². The van der Waals surface area contributed by atoms with Gasteiger partial charge in [0.05, 0.1) is 6.61 Å². The summed E-state index contributed by atoms with van der Waals surface area (Å²) in [6.45, 7) is 20.4. The first-order valence-corrected chi connectivity index (χ1v) is 6.59. The molecule has 5 nitrogen and oxygen atoms in total. The molecule has 1 aromatic carbocycles. The molecule has 0 spiro atoms. The minimum Gasteiger partial charge on any atom is 0 e. The summed E-state index contributed by atoms with van der Waals surface area (Å²) in [6.07, 6.45) is 2.83. The SMILES string of the molecule is CO[C@H](OCCC=C(C)C)c1ccccc1C.[C-]#[O+].[C-]#[O+].[C-]#[O+].[Cr]. The van der Waals surface area contributed by atoms with Crippen LogP contribution in [-0.2, 0) is 40.8 Å². The van der Waals surface area contributed by atoms with Crippen molar-refractivity contribution < 1.29 is 40.8 Å². The quantitative estimate of drug-likeness (QED) is 0.250. The molecule has 130 valence electrons. The predicted octanol–water partition coefficient (Wildman–Crippen LogP) is 3.90. The van der Waals surface area contributed by atoms with Crippen molar-refractivity contribution in [1.29, 1.82) is 0 Å². The zero-order valence-corrected chi connectivity index (χ0v) is 15.6. The third-order valence-corrected chi connectivity index (χ3v) is 2.60. The van der Waals surface area contributed by atoms with Crippen LogP contribution in [0.3, 0.4) is 0 Å². The Morgan fingerprint density at radius 3 is 2.00 bits per heavy atom. The summed E-state index contributed by atoms with van der Waals surface area (Å²) < 4.78 is 33.6. The molecule has 0 aliphatic heterocycles. The minimum atomic E-state index is -0.262. The zero-order valence-electron chi connectivity index (χ0n) is 14.3. The number of rotatable bonds is 6. The van der Waals surface area contributed by atoms with E-state index in [1.54, 1.807) is 7.11 Å². The van der Waals surface area contributed by atoms with Crippen molar-refractivity contribution in [2.75, 3.05) is 13.7 Å². The van der Waals surface area contributed by atoms with E-state index < -0.39 is 0 Å². The monoisotopic (exact) mass is 370 g/mol. The normalized spacial score (nSPS) is 8.92. The Morgan fingerprint density at radius 1 is 1.08 bits per heavy atom. The van der Waals surface area contributed by atoms with Crippen LogP contribution >= 0.6 is 0 Å². The van der Waals surface area contributed by atoms with E-state index in [9.17, 15) is 0 Å². The molecule has 0 saturated heterocycles. The zero-order chi connectivity index (χ0) is 18.7. The van der Waals surface area contributed by atoms with Crippen LogP contribution < -0.4 is 0 Å². The van der Waals surface area contributed by atoms with Gasteiger partial charge in [-0.15, -0.1) is 0 Å². The third-order valence-electron chi connectivity index (χ3n) is 2.60. The van der Waals surface area contributed by atoms with Gasteiger partial charge in [0.15, 0.2) is 6.29 Å². The second-order valence-corrected chi connectivity index (χ2v) is 4.37. The molecule has 0 aliphatic rings. The van der Waals surface area contributed by atoms with Crippen LogP contribution in [0.4, 0.5) is 0 Å². The second-order valence-electron chi connectivity index (χ2n) is 4.37. The Balaban J connectivity index is -0.000000256. The van der Waals surface area contributed by atoms with Crippen LogP contribution in [0.2, 0.25) is 0 Å². The van der Waals surface area contributed by atoms with Crippen LogP contribution in [0.1, 0.15) is 37.7 Å². The van der Waals surface area contributed by atoms with Crippen molar-refractivity contribution in [3.63, 3.8) is 0 Å². The molecule has 0 heterocycles. The maximum absolute atomic E-state index is 7.50. The maximum atomic E-state index is 7.50. The molecule has 0 radical (unpaired) electrons. The molecule has 0 saturated carbocycles. The summed E-state index contributed by atoms with van der Waals surface area (Å²) in [5, 5.41) is 0. The molecule has 0 fully saturated rings. The summed E-state index contributed by atoms with van der Waals surface area (Å²) >= 11 is 0. The molecule has 24 heavy (non-hydrogen) atoms. The molecule has 1 aromatic rings. The van der Waals surface area contributed by atoms with Crippen LogP contribution in [-0.4, -0.2) is 13.7 Å². The van der Waals surface area contributed by atoms with E-state index in [0.29, 0.717) is 6.61 Å². The van der Waals surface area contributed by atoms with Crippen molar-refractivity contribution >= 4 is 0 Å². The van der Waals surface area contributed by atoms with E-state index in [4.69, 9.17) is 23.4 Å². The minimum absolute atomic E-state index is 0. The van der Waals surface area contributed by atoms with Gasteiger partial charge >= 0.3 is 33.9 Å². The molecule has 0 N–H and O–H groups in total. The number of allylic oxidation sites excluding steroid dienone is 1. The van der Waals surface area contributed by atoms with Gasteiger partial charge in [0.1, 0.15) is 0 Å². The summed E-state index contributed by atoms with van der Waals surface area (Å²) in [7, 11) is 1.68. The van der Waals surface area contributed by atoms with Gasteiger partial charge in [0.25, 0.3) is 0 Å². The largest absolute Gasteiger partial charge is 0 e. The van der Waals surface area contributed by atoms with Gasteiger partial charge < -0.3 is 9.47 Å².